The Bertz CT molecular complexity index is 840. The van der Waals surface area contributed by atoms with Crippen molar-refractivity contribution in [1.29, 1.82) is 0 Å². The Balaban J connectivity index is 1.34. The van der Waals surface area contributed by atoms with Gasteiger partial charge in [0.2, 0.25) is 11.8 Å². The number of imide groups is 1. The highest BCUT2D eigenvalue weighted by Gasteiger charge is 2.30. The summed E-state index contributed by atoms with van der Waals surface area (Å²) in [6.45, 7) is 1.31. The van der Waals surface area contributed by atoms with Gasteiger partial charge in [0.15, 0.2) is 5.82 Å². The molecular formula is C18H20N6O3. The number of likely N-dealkylation sites (tertiary alicyclic amines) is 1. The molecule has 2 N–H and O–H groups in total. The summed E-state index contributed by atoms with van der Waals surface area (Å²) in [4.78, 5) is 37.5. The highest BCUT2D eigenvalue weighted by atomic mass is 16.2. The topological polar surface area (TPSA) is 121 Å². The molecule has 9 heteroatoms. The summed E-state index contributed by atoms with van der Waals surface area (Å²) in [6, 6.07) is 7.29. The Labute approximate surface area is 155 Å². The largest absolute Gasteiger partial charge is 0.339 e. The molecule has 2 aromatic rings. The van der Waals surface area contributed by atoms with Crippen LogP contribution < -0.4 is 5.32 Å². The second-order valence-corrected chi connectivity index (χ2v) is 7.05. The molecule has 2 saturated heterocycles. The monoisotopic (exact) mass is 368 g/mol. The van der Waals surface area contributed by atoms with Crippen LogP contribution in [0.1, 0.15) is 46.9 Å². The van der Waals surface area contributed by atoms with E-state index in [1.54, 1.807) is 12.1 Å². The van der Waals surface area contributed by atoms with E-state index >= 15 is 0 Å². The minimum absolute atomic E-state index is 0.00176. The van der Waals surface area contributed by atoms with Crippen LogP contribution in [0.4, 0.5) is 0 Å². The third kappa shape index (κ3) is 3.71. The molecule has 2 fully saturated rings. The lowest BCUT2D eigenvalue weighted by Gasteiger charge is -2.30. The number of amides is 3. The lowest BCUT2D eigenvalue weighted by molar-refractivity contribution is -0.125. The van der Waals surface area contributed by atoms with E-state index in [1.165, 1.54) is 0 Å². The van der Waals surface area contributed by atoms with Crippen molar-refractivity contribution in [2.24, 2.45) is 5.92 Å². The van der Waals surface area contributed by atoms with Crippen LogP contribution in [0, 0.1) is 5.92 Å². The van der Waals surface area contributed by atoms with Crippen LogP contribution in [0.25, 0.3) is 0 Å². The SMILES string of the molecule is O=C1CC(Cc2ccc(C(=O)N3CCC(c4nn[nH]n4)CC3)cc2)C(=O)N1. The van der Waals surface area contributed by atoms with Crippen LogP contribution in [-0.4, -0.2) is 56.3 Å². The summed E-state index contributed by atoms with van der Waals surface area (Å²) < 4.78 is 0. The fourth-order valence-corrected chi connectivity index (χ4v) is 3.71. The van der Waals surface area contributed by atoms with Gasteiger partial charge in [0.25, 0.3) is 5.91 Å². The molecule has 27 heavy (non-hydrogen) atoms. The van der Waals surface area contributed by atoms with Gasteiger partial charge in [-0.1, -0.05) is 17.3 Å². The molecule has 1 unspecified atom stereocenters. The van der Waals surface area contributed by atoms with Crippen molar-refractivity contribution in [3.63, 3.8) is 0 Å². The fourth-order valence-electron chi connectivity index (χ4n) is 3.71. The van der Waals surface area contributed by atoms with Crippen LogP contribution in [0.5, 0.6) is 0 Å². The summed E-state index contributed by atoms with van der Waals surface area (Å²) >= 11 is 0. The third-order valence-electron chi connectivity index (χ3n) is 5.26. The van der Waals surface area contributed by atoms with E-state index in [9.17, 15) is 14.4 Å². The number of aromatic nitrogens is 4. The van der Waals surface area contributed by atoms with Gasteiger partial charge in [0.05, 0.1) is 5.92 Å². The standard InChI is InChI=1S/C18H20N6O3/c25-15-10-14(17(26)19-15)9-11-1-3-13(4-2-11)18(27)24-7-5-12(6-8-24)16-20-22-23-21-16/h1-4,12,14H,5-10H2,(H,19,25,26)(H,20,21,22,23). The molecule has 2 aliphatic rings. The number of hydrogen-bond donors (Lipinski definition) is 2. The summed E-state index contributed by atoms with van der Waals surface area (Å²) in [5.41, 5.74) is 1.57. The number of nitrogens with zero attached hydrogens (tertiary/aromatic N) is 4. The van der Waals surface area contributed by atoms with E-state index in [4.69, 9.17) is 0 Å². The molecule has 4 rings (SSSR count). The highest BCUT2D eigenvalue weighted by molar-refractivity contribution is 6.03. The fraction of sp³-hybridized carbons (Fsp3) is 0.444. The second-order valence-electron chi connectivity index (χ2n) is 7.05. The van der Waals surface area contributed by atoms with Crippen molar-refractivity contribution in [3.8, 4) is 0 Å². The number of tetrazole rings is 1. The zero-order valence-corrected chi connectivity index (χ0v) is 14.7. The van der Waals surface area contributed by atoms with Crippen molar-refractivity contribution in [1.82, 2.24) is 30.8 Å². The van der Waals surface area contributed by atoms with Crippen LogP contribution in [0.3, 0.4) is 0 Å². The molecule has 9 nitrogen and oxygen atoms in total. The molecular weight excluding hydrogens is 348 g/mol. The van der Waals surface area contributed by atoms with Crippen molar-refractivity contribution < 1.29 is 14.4 Å². The van der Waals surface area contributed by atoms with E-state index in [-0.39, 0.29) is 36.0 Å². The zero-order valence-electron chi connectivity index (χ0n) is 14.7. The lowest BCUT2D eigenvalue weighted by atomic mass is 9.95. The molecule has 1 aromatic carbocycles. The smallest absolute Gasteiger partial charge is 0.253 e. The lowest BCUT2D eigenvalue weighted by Crippen LogP contribution is -2.38. The first kappa shape index (κ1) is 17.3. The van der Waals surface area contributed by atoms with Gasteiger partial charge in [-0.2, -0.15) is 5.21 Å². The Morgan fingerprint density at radius 1 is 1.15 bits per heavy atom. The number of piperidine rings is 1. The molecule has 0 saturated carbocycles. The van der Waals surface area contributed by atoms with Crippen molar-refractivity contribution >= 4 is 17.7 Å². The van der Waals surface area contributed by atoms with E-state index in [1.807, 2.05) is 17.0 Å². The molecule has 0 spiro atoms. The molecule has 3 amide bonds. The van der Waals surface area contributed by atoms with Gasteiger partial charge in [0, 0.05) is 31.0 Å². The summed E-state index contributed by atoms with van der Waals surface area (Å²) in [5, 5.41) is 16.4. The van der Waals surface area contributed by atoms with E-state index in [0.717, 1.165) is 18.4 Å². The Morgan fingerprint density at radius 3 is 2.48 bits per heavy atom. The second kappa shape index (κ2) is 7.26. The molecule has 0 aliphatic carbocycles. The first-order valence-electron chi connectivity index (χ1n) is 9.05. The maximum absolute atomic E-state index is 12.7. The van der Waals surface area contributed by atoms with Gasteiger partial charge in [-0.05, 0) is 37.0 Å². The predicted molar refractivity (Wildman–Crippen MR) is 93.5 cm³/mol. The zero-order chi connectivity index (χ0) is 18.8. The molecule has 0 bridgehead atoms. The average Bonchev–Trinajstić information content (AvgIpc) is 3.32. The van der Waals surface area contributed by atoms with Gasteiger partial charge in [-0.3, -0.25) is 19.7 Å². The maximum Gasteiger partial charge on any atom is 0.253 e. The minimum Gasteiger partial charge on any atom is -0.339 e. The number of rotatable bonds is 4. The minimum atomic E-state index is -0.316. The van der Waals surface area contributed by atoms with Gasteiger partial charge >= 0.3 is 0 Å². The Kier molecular flexibility index (Phi) is 4.66. The molecule has 140 valence electrons. The van der Waals surface area contributed by atoms with Crippen molar-refractivity contribution in [2.75, 3.05) is 13.1 Å². The Hall–Kier alpha value is -3.10. The van der Waals surface area contributed by atoms with Gasteiger partial charge < -0.3 is 4.90 Å². The highest BCUT2D eigenvalue weighted by Crippen LogP contribution is 2.26. The Morgan fingerprint density at radius 2 is 1.89 bits per heavy atom. The van der Waals surface area contributed by atoms with Gasteiger partial charge in [0.1, 0.15) is 0 Å². The molecule has 0 radical (unpaired) electrons. The third-order valence-corrected chi connectivity index (χ3v) is 5.26. The van der Waals surface area contributed by atoms with E-state index in [2.05, 4.69) is 25.9 Å². The summed E-state index contributed by atoms with van der Waals surface area (Å²) in [6.07, 6.45) is 2.36. The van der Waals surface area contributed by atoms with E-state index in [0.29, 0.717) is 30.9 Å². The number of nitrogens with one attached hydrogen (secondary N) is 2. The van der Waals surface area contributed by atoms with Crippen LogP contribution in [0.2, 0.25) is 0 Å². The molecule has 1 atom stereocenters. The molecule has 1 aromatic heterocycles. The number of H-pyrrole nitrogens is 1. The van der Waals surface area contributed by atoms with Crippen LogP contribution >= 0.6 is 0 Å². The number of carbonyl (C=O) groups is 3. The number of hydrogen-bond acceptors (Lipinski definition) is 6. The number of benzene rings is 1. The molecule has 3 heterocycles. The van der Waals surface area contributed by atoms with Crippen molar-refractivity contribution in [3.05, 3.63) is 41.2 Å². The van der Waals surface area contributed by atoms with Crippen LogP contribution in [0.15, 0.2) is 24.3 Å². The maximum atomic E-state index is 12.7. The first-order chi connectivity index (χ1) is 13.1. The summed E-state index contributed by atoms with van der Waals surface area (Å²) in [7, 11) is 0. The number of aromatic amines is 1. The first-order valence-corrected chi connectivity index (χ1v) is 9.05. The van der Waals surface area contributed by atoms with Crippen LogP contribution in [-0.2, 0) is 16.0 Å². The molecule has 2 aliphatic heterocycles. The van der Waals surface area contributed by atoms with Gasteiger partial charge in [-0.15, -0.1) is 10.2 Å². The predicted octanol–water partition coefficient (Wildman–Crippen LogP) is 0.425. The summed E-state index contributed by atoms with van der Waals surface area (Å²) in [5.74, 6) is 0.187. The average molecular weight is 368 g/mol. The quantitative estimate of drug-likeness (QED) is 0.755. The normalized spacial score (nSPS) is 20.7. The van der Waals surface area contributed by atoms with Crippen molar-refractivity contribution in [2.45, 2.75) is 31.6 Å². The van der Waals surface area contributed by atoms with E-state index < -0.39 is 0 Å². The van der Waals surface area contributed by atoms with Gasteiger partial charge in [-0.25, -0.2) is 0 Å². The number of carbonyl (C=O) groups excluding carboxylic acids is 3.